The molecule has 0 radical (unpaired) electrons. The second kappa shape index (κ2) is 9.42. The fourth-order valence-electron chi connectivity index (χ4n) is 3.74. The molecule has 0 saturated heterocycles. The summed E-state index contributed by atoms with van der Waals surface area (Å²) in [6.07, 6.45) is 7.46. The number of aromatic hydroxyl groups is 1. The van der Waals surface area contributed by atoms with Gasteiger partial charge in [0.1, 0.15) is 5.78 Å². The number of ketones is 1. The lowest BCUT2D eigenvalue weighted by atomic mass is 9.83. The van der Waals surface area contributed by atoms with Crippen LogP contribution in [0, 0.1) is 0 Å². The van der Waals surface area contributed by atoms with Crippen molar-refractivity contribution >= 4 is 5.78 Å². The fraction of sp³-hybridized carbons (Fsp3) is 0.435. The van der Waals surface area contributed by atoms with E-state index in [1.807, 2.05) is 18.2 Å². The minimum atomic E-state index is 0.177. The zero-order valence-electron chi connectivity index (χ0n) is 15.3. The van der Waals surface area contributed by atoms with Gasteiger partial charge in [0, 0.05) is 18.4 Å². The van der Waals surface area contributed by atoms with Crippen molar-refractivity contribution < 1.29 is 14.6 Å². The van der Waals surface area contributed by atoms with Gasteiger partial charge in [-0.2, -0.15) is 0 Å². The molecule has 3 heteroatoms. The van der Waals surface area contributed by atoms with Gasteiger partial charge in [0.25, 0.3) is 0 Å². The van der Waals surface area contributed by atoms with Crippen molar-refractivity contribution in [3.8, 4) is 11.5 Å². The van der Waals surface area contributed by atoms with Crippen LogP contribution >= 0.6 is 0 Å². The normalized spacial score (nSPS) is 17.2. The Balaban J connectivity index is 1.49. The highest BCUT2D eigenvalue weighted by Gasteiger charge is 2.25. The van der Waals surface area contributed by atoms with Gasteiger partial charge < -0.3 is 9.84 Å². The van der Waals surface area contributed by atoms with Crippen molar-refractivity contribution in [1.82, 2.24) is 0 Å². The number of benzene rings is 2. The zero-order valence-corrected chi connectivity index (χ0v) is 15.3. The van der Waals surface area contributed by atoms with Crippen LogP contribution in [0.1, 0.15) is 62.0 Å². The molecule has 2 aromatic rings. The second-order valence-electron chi connectivity index (χ2n) is 7.17. The van der Waals surface area contributed by atoms with E-state index in [0.717, 1.165) is 44.1 Å². The molecule has 0 bridgehead atoms. The summed E-state index contributed by atoms with van der Waals surface area (Å²) >= 11 is 0. The second-order valence-corrected chi connectivity index (χ2v) is 7.17. The summed E-state index contributed by atoms with van der Waals surface area (Å²) in [7, 11) is 0. The number of hydrogen-bond acceptors (Lipinski definition) is 3. The minimum Gasteiger partial charge on any atom is -0.504 e. The van der Waals surface area contributed by atoms with Gasteiger partial charge in [-0.15, -0.1) is 0 Å². The van der Waals surface area contributed by atoms with E-state index in [2.05, 4.69) is 24.3 Å². The molecule has 3 rings (SSSR count). The number of ether oxygens (including phenoxy) is 1. The number of rotatable bonds is 8. The van der Waals surface area contributed by atoms with Gasteiger partial charge in [-0.3, -0.25) is 4.79 Å². The largest absolute Gasteiger partial charge is 0.504 e. The Kier molecular flexibility index (Phi) is 6.70. The highest BCUT2D eigenvalue weighted by atomic mass is 16.5. The Bertz CT molecular complexity index is 709. The van der Waals surface area contributed by atoms with Crippen LogP contribution < -0.4 is 4.74 Å². The lowest BCUT2D eigenvalue weighted by molar-refractivity contribution is -0.120. The van der Waals surface area contributed by atoms with Crippen molar-refractivity contribution in [3.63, 3.8) is 0 Å². The molecule has 0 amide bonds. The Morgan fingerprint density at radius 1 is 1.00 bits per heavy atom. The molecule has 1 fully saturated rings. The highest BCUT2D eigenvalue weighted by Crippen LogP contribution is 2.40. The lowest BCUT2D eigenvalue weighted by Crippen LogP contribution is -2.14. The quantitative estimate of drug-likeness (QED) is 0.646. The standard InChI is InChI=1S/C23H28O3/c24-20-13-7-12-19(17-20)21-14-8-15-22(25)23(21)26-16-6-2-5-11-18-9-3-1-4-10-18/h1,3-4,8-10,14-15,19,25H,2,5-7,11-13,16-17H2. The minimum absolute atomic E-state index is 0.177. The van der Waals surface area contributed by atoms with Gasteiger partial charge in [0.15, 0.2) is 11.5 Å². The van der Waals surface area contributed by atoms with Crippen molar-refractivity contribution in [2.45, 2.75) is 57.3 Å². The summed E-state index contributed by atoms with van der Waals surface area (Å²) < 4.78 is 5.95. The summed E-state index contributed by atoms with van der Waals surface area (Å²) in [5.41, 5.74) is 2.36. The number of carbonyl (C=O) groups excluding carboxylic acids is 1. The van der Waals surface area contributed by atoms with E-state index in [9.17, 15) is 9.90 Å². The molecule has 1 aliphatic rings. The summed E-state index contributed by atoms with van der Waals surface area (Å²) in [6, 6.07) is 16.0. The lowest BCUT2D eigenvalue weighted by Gasteiger charge is -2.24. The Morgan fingerprint density at radius 3 is 2.65 bits per heavy atom. The van der Waals surface area contributed by atoms with Crippen LogP contribution in [0.2, 0.25) is 0 Å². The van der Waals surface area contributed by atoms with Gasteiger partial charge in [-0.25, -0.2) is 0 Å². The Morgan fingerprint density at radius 2 is 1.85 bits per heavy atom. The van der Waals surface area contributed by atoms with Gasteiger partial charge in [-0.1, -0.05) is 42.5 Å². The molecule has 1 N–H and O–H groups in total. The third kappa shape index (κ3) is 5.10. The average molecular weight is 352 g/mol. The van der Waals surface area contributed by atoms with Gasteiger partial charge >= 0.3 is 0 Å². The maximum atomic E-state index is 11.8. The van der Waals surface area contributed by atoms with Crippen molar-refractivity contribution in [3.05, 3.63) is 59.7 Å². The van der Waals surface area contributed by atoms with Crippen molar-refractivity contribution in [2.24, 2.45) is 0 Å². The molecular formula is C23H28O3. The van der Waals surface area contributed by atoms with Crippen LogP contribution in [0.5, 0.6) is 11.5 Å². The third-order valence-electron chi connectivity index (χ3n) is 5.15. The molecule has 1 unspecified atom stereocenters. The van der Waals surface area contributed by atoms with E-state index in [1.54, 1.807) is 6.07 Å². The fourth-order valence-corrected chi connectivity index (χ4v) is 3.74. The number of phenolic OH excluding ortho intramolecular Hbond substituents is 1. The molecular weight excluding hydrogens is 324 g/mol. The van der Waals surface area contributed by atoms with Gasteiger partial charge in [0.05, 0.1) is 6.61 Å². The van der Waals surface area contributed by atoms with Crippen LogP contribution in [-0.4, -0.2) is 17.5 Å². The van der Waals surface area contributed by atoms with E-state index in [1.165, 1.54) is 5.56 Å². The van der Waals surface area contributed by atoms with E-state index < -0.39 is 0 Å². The number of phenols is 1. The first-order chi connectivity index (χ1) is 12.7. The molecule has 2 aromatic carbocycles. The number of hydrogen-bond donors (Lipinski definition) is 1. The first kappa shape index (κ1) is 18.5. The Hall–Kier alpha value is -2.29. The molecule has 26 heavy (non-hydrogen) atoms. The smallest absolute Gasteiger partial charge is 0.164 e. The summed E-state index contributed by atoms with van der Waals surface area (Å²) in [5, 5.41) is 10.2. The van der Waals surface area contributed by atoms with E-state index in [0.29, 0.717) is 31.0 Å². The summed E-state index contributed by atoms with van der Waals surface area (Å²) in [4.78, 5) is 11.8. The molecule has 3 nitrogen and oxygen atoms in total. The van der Waals surface area contributed by atoms with Crippen LogP contribution in [0.15, 0.2) is 48.5 Å². The number of para-hydroxylation sites is 1. The van der Waals surface area contributed by atoms with Gasteiger partial charge in [0.2, 0.25) is 0 Å². The number of Topliss-reactive ketones (excluding diaryl/α,β-unsaturated/α-hetero) is 1. The maximum Gasteiger partial charge on any atom is 0.164 e. The number of aryl methyl sites for hydroxylation is 1. The summed E-state index contributed by atoms with van der Waals surface area (Å²) in [6.45, 7) is 0.597. The first-order valence-electron chi connectivity index (χ1n) is 9.74. The number of unbranched alkanes of at least 4 members (excludes halogenated alkanes) is 2. The topological polar surface area (TPSA) is 46.5 Å². The predicted molar refractivity (Wildman–Crippen MR) is 104 cm³/mol. The summed E-state index contributed by atoms with van der Waals surface area (Å²) in [5.74, 6) is 1.26. The zero-order chi connectivity index (χ0) is 18.2. The van der Waals surface area contributed by atoms with Crippen LogP contribution in [0.3, 0.4) is 0 Å². The molecule has 1 atom stereocenters. The SMILES string of the molecule is O=C1CCCC(c2cccc(O)c2OCCCCCc2ccccc2)C1. The monoisotopic (exact) mass is 352 g/mol. The highest BCUT2D eigenvalue weighted by molar-refractivity contribution is 5.80. The average Bonchev–Trinajstić information content (AvgIpc) is 2.66. The molecule has 0 aromatic heterocycles. The van der Waals surface area contributed by atoms with E-state index in [4.69, 9.17) is 4.74 Å². The van der Waals surface area contributed by atoms with E-state index >= 15 is 0 Å². The predicted octanol–water partition coefficient (Wildman–Crippen LogP) is 5.41. The molecule has 0 aliphatic heterocycles. The molecule has 138 valence electrons. The number of carbonyl (C=O) groups is 1. The first-order valence-corrected chi connectivity index (χ1v) is 9.74. The Labute approximate surface area is 156 Å². The van der Waals surface area contributed by atoms with Crippen LogP contribution in [0.4, 0.5) is 0 Å². The van der Waals surface area contributed by atoms with Crippen LogP contribution in [0.25, 0.3) is 0 Å². The van der Waals surface area contributed by atoms with Crippen LogP contribution in [-0.2, 0) is 11.2 Å². The molecule has 0 spiro atoms. The van der Waals surface area contributed by atoms with Crippen molar-refractivity contribution in [2.75, 3.05) is 6.61 Å². The molecule has 1 saturated carbocycles. The third-order valence-corrected chi connectivity index (χ3v) is 5.15. The van der Waals surface area contributed by atoms with Gasteiger partial charge in [-0.05, 0) is 56.1 Å². The molecule has 1 aliphatic carbocycles. The van der Waals surface area contributed by atoms with Crippen molar-refractivity contribution in [1.29, 1.82) is 0 Å². The maximum absolute atomic E-state index is 11.8. The molecule has 0 heterocycles. The van der Waals surface area contributed by atoms with E-state index in [-0.39, 0.29) is 11.7 Å².